The summed E-state index contributed by atoms with van der Waals surface area (Å²) < 4.78 is 5.58. The molecule has 0 unspecified atom stereocenters. The van der Waals surface area contributed by atoms with Crippen molar-refractivity contribution in [1.29, 1.82) is 0 Å². The molecule has 2 aliphatic heterocycles. The molecule has 1 N–H and O–H groups in total. The summed E-state index contributed by atoms with van der Waals surface area (Å²) in [7, 11) is 0. The van der Waals surface area contributed by atoms with Crippen molar-refractivity contribution in [3.8, 4) is 11.1 Å². The normalized spacial score (nSPS) is 24.4. The highest BCUT2D eigenvalue weighted by Crippen LogP contribution is 2.65. The van der Waals surface area contributed by atoms with E-state index in [1.807, 2.05) is 17.9 Å². The van der Waals surface area contributed by atoms with Crippen molar-refractivity contribution >= 4 is 11.9 Å². The molecule has 5 rings (SSSR count). The van der Waals surface area contributed by atoms with E-state index in [0.717, 1.165) is 62.1 Å². The van der Waals surface area contributed by atoms with Crippen LogP contribution in [0.15, 0.2) is 42.5 Å². The second-order valence-electron chi connectivity index (χ2n) is 9.40. The van der Waals surface area contributed by atoms with Gasteiger partial charge in [0.25, 0.3) is 5.91 Å². The number of carbonyl (C=O) groups excluding carboxylic acids is 1. The van der Waals surface area contributed by atoms with Crippen LogP contribution in [0.4, 0.5) is 0 Å². The Kier molecular flexibility index (Phi) is 5.09. The monoisotopic (exact) mass is 419 g/mol. The Hall–Kier alpha value is -2.66. The van der Waals surface area contributed by atoms with E-state index < -0.39 is 5.97 Å². The third-order valence-electron chi connectivity index (χ3n) is 7.56. The number of likely N-dealkylation sites (tertiary alicyclic amines) is 1. The number of benzene rings is 2. The van der Waals surface area contributed by atoms with Gasteiger partial charge in [0.05, 0.1) is 5.56 Å². The number of carboxylic acid groups (broad SMARTS) is 1. The van der Waals surface area contributed by atoms with E-state index in [9.17, 15) is 9.59 Å². The predicted molar refractivity (Wildman–Crippen MR) is 118 cm³/mol. The van der Waals surface area contributed by atoms with Gasteiger partial charge >= 0.3 is 5.97 Å². The zero-order valence-electron chi connectivity index (χ0n) is 18.0. The molecule has 5 nitrogen and oxygen atoms in total. The minimum Gasteiger partial charge on any atom is -0.478 e. The van der Waals surface area contributed by atoms with Crippen LogP contribution in [0, 0.1) is 12.3 Å². The molecule has 2 heterocycles. The van der Waals surface area contributed by atoms with E-state index in [-0.39, 0.29) is 12.0 Å². The molecule has 162 valence electrons. The van der Waals surface area contributed by atoms with E-state index in [0.29, 0.717) is 16.9 Å². The molecular weight excluding hydrogens is 390 g/mol. The van der Waals surface area contributed by atoms with Crippen molar-refractivity contribution < 1.29 is 19.4 Å². The van der Waals surface area contributed by atoms with Gasteiger partial charge in [0.15, 0.2) is 0 Å². The largest absolute Gasteiger partial charge is 0.478 e. The lowest BCUT2D eigenvalue weighted by Crippen LogP contribution is -2.44. The Balaban J connectivity index is 1.23. The smallest absolute Gasteiger partial charge is 0.335 e. The summed E-state index contributed by atoms with van der Waals surface area (Å²) in [6.45, 7) is 4.37. The van der Waals surface area contributed by atoms with Gasteiger partial charge in [-0.2, -0.15) is 0 Å². The van der Waals surface area contributed by atoms with Crippen molar-refractivity contribution in [3.05, 3.63) is 59.2 Å². The fourth-order valence-electron chi connectivity index (χ4n) is 5.54. The molecule has 1 amide bonds. The summed E-state index contributed by atoms with van der Waals surface area (Å²) in [6.07, 6.45) is 5.02. The number of carboxylic acids is 1. The summed E-state index contributed by atoms with van der Waals surface area (Å²) in [6, 6.07) is 14.0. The summed E-state index contributed by atoms with van der Waals surface area (Å²) in [5.74, 6) is -0.122. The lowest BCUT2D eigenvalue weighted by Gasteiger charge is -2.34. The molecule has 31 heavy (non-hydrogen) atoms. The third-order valence-corrected chi connectivity index (χ3v) is 7.56. The number of piperidine rings is 1. The van der Waals surface area contributed by atoms with Gasteiger partial charge in [0.2, 0.25) is 0 Å². The zero-order chi connectivity index (χ0) is 21.6. The molecule has 2 aromatic carbocycles. The van der Waals surface area contributed by atoms with Crippen LogP contribution in [-0.2, 0) is 9.53 Å². The maximum atomic E-state index is 12.6. The van der Waals surface area contributed by atoms with Gasteiger partial charge in [-0.1, -0.05) is 30.3 Å². The number of hydrogen-bond acceptors (Lipinski definition) is 3. The lowest BCUT2D eigenvalue weighted by molar-refractivity contribution is -0.142. The molecule has 3 aliphatic rings. The standard InChI is InChI=1S/C26H29NO4/c1-17-15-20(25(29)30)8-9-21(17)18-4-6-19(7-5-18)22-16-26(22)10-12-27(13-11-26)24(28)23-3-2-14-31-23/h4-9,15,22-23H,2-3,10-14,16H2,1H3,(H,29,30)/t22-,23+/m0/s1. The maximum absolute atomic E-state index is 12.6. The molecule has 1 spiro atoms. The molecule has 1 saturated carbocycles. The van der Waals surface area contributed by atoms with Crippen molar-refractivity contribution in [2.24, 2.45) is 5.41 Å². The highest BCUT2D eigenvalue weighted by Gasteiger charge is 2.55. The first kappa shape index (κ1) is 20.3. The third kappa shape index (κ3) is 3.76. The molecule has 1 aliphatic carbocycles. The highest BCUT2D eigenvalue weighted by atomic mass is 16.5. The van der Waals surface area contributed by atoms with E-state index >= 15 is 0 Å². The average Bonchev–Trinajstić information content (AvgIpc) is 3.20. The number of aryl methyl sites for hydroxylation is 1. The average molecular weight is 420 g/mol. The van der Waals surface area contributed by atoms with Gasteiger partial charge in [0, 0.05) is 19.7 Å². The van der Waals surface area contributed by atoms with E-state index in [1.165, 1.54) is 12.0 Å². The number of ether oxygens (including phenoxy) is 1. The van der Waals surface area contributed by atoms with E-state index in [2.05, 4.69) is 24.3 Å². The number of amides is 1. The van der Waals surface area contributed by atoms with Crippen LogP contribution >= 0.6 is 0 Å². The first-order chi connectivity index (χ1) is 15.0. The minimum atomic E-state index is -0.896. The van der Waals surface area contributed by atoms with E-state index in [1.54, 1.807) is 12.1 Å². The van der Waals surface area contributed by atoms with Gasteiger partial charge in [0.1, 0.15) is 6.10 Å². The Bertz CT molecular complexity index is 999. The molecular formula is C26H29NO4. The Morgan fingerprint density at radius 1 is 1.10 bits per heavy atom. The van der Waals surface area contributed by atoms with Crippen LogP contribution in [0.25, 0.3) is 11.1 Å². The molecule has 2 aromatic rings. The van der Waals surface area contributed by atoms with E-state index in [4.69, 9.17) is 9.84 Å². The van der Waals surface area contributed by atoms with Crippen LogP contribution in [0.5, 0.6) is 0 Å². The van der Waals surface area contributed by atoms with Gasteiger partial charge in [-0.15, -0.1) is 0 Å². The number of carbonyl (C=O) groups is 2. The Labute approximate surface area is 183 Å². The number of aromatic carboxylic acids is 1. The van der Waals surface area contributed by atoms with Gasteiger partial charge < -0.3 is 14.7 Å². The fraction of sp³-hybridized carbons (Fsp3) is 0.462. The van der Waals surface area contributed by atoms with Crippen molar-refractivity contribution in [3.63, 3.8) is 0 Å². The van der Waals surface area contributed by atoms with Crippen LogP contribution in [0.2, 0.25) is 0 Å². The van der Waals surface area contributed by atoms with Gasteiger partial charge in [-0.25, -0.2) is 4.79 Å². The van der Waals surface area contributed by atoms with Crippen LogP contribution in [-0.4, -0.2) is 47.7 Å². The van der Waals surface area contributed by atoms with Crippen LogP contribution < -0.4 is 0 Å². The quantitative estimate of drug-likeness (QED) is 0.784. The fourth-order valence-corrected chi connectivity index (χ4v) is 5.54. The van der Waals surface area contributed by atoms with Crippen molar-refractivity contribution in [1.82, 2.24) is 4.90 Å². The van der Waals surface area contributed by atoms with Crippen LogP contribution in [0.3, 0.4) is 0 Å². The molecule has 0 aromatic heterocycles. The first-order valence-corrected chi connectivity index (χ1v) is 11.3. The van der Waals surface area contributed by atoms with Crippen molar-refractivity contribution in [2.75, 3.05) is 19.7 Å². The highest BCUT2D eigenvalue weighted by molar-refractivity contribution is 5.89. The molecule has 2 atom stereocenters. The first-order valence-electron chi connectivity index (χ1n) is 11.3. The minimum absolute atomic E-state index is 0.193. The second-order valence-corrected chi connectivity index (χ2v) is 9.40. The Morgan fingerprint density at radius 2 is 1.84 bits per heavy atom. The summed E-state index contributed by atoms with van der Waals surface area (Å²) >= 11 is 0. The van der Waals surface area contributed by atoms with Gasteiger partial charge in [-0.3, -0.25) is 4.79 Å². The maximum Gasteiger partial charge on any atom is 0.335 e. The summed E-state index contributed by atoms with van der Waals surface area (Å²) in [4.78, 5) is 25.8. The Morgan fingerprint density at radius 3 is 2.45 bits per heavy atom. The summed E-state index contributed by atoms with van der Waals surface area (Å²) in [5, 5.41) is 9.17. The molecule has 2 saturated heterocycles. The number of nitrogens with zero attached hydrogens (tertiary/aromatic N) is 1. The lowest BCUT2D eigenvalue weighted by atomic mass is 9.88. The number of rotatable bonds is 4. The van der Waals surface area contributed by atoms with Crippen molar-refractivity contribution in [2.45, 2.75) is 51.0 Å². The summed E-state index contributed by atoms with van der Waals surface area (Å²) in [5.41, 5.74) is 5.21. The van der Waals surface area contributed by atoms with Crippen LogP contribution in [0.1, 0.15) is 59.5 Å². The SMILES string of the molecule is Cc1cc(C(=O)O)ccc1-c1ccc([C@@H]2CC23CCN(C(=O)[C@H]2CCCO2)CC3)cc1. The molecule has 0 bridgehead atoms. The molecule has 0 radical (unpaired) electrons. The zero-order valence-corrected chi connectivity index (χ0v) is 18.0. The molecule has 3 fully saturated rings. The number of hydrogen-bond donors (Lipinski definition) is 1. The second kappa shape index (κ2) is 7.79. The van der Waals surface area contributed by atoms with Gasteiger partial charge in [-0.05, 0) is 84.7 Å². The molecule has 5 heteroatoms. The predicted octanol–water partition coefficient (Wildman–Crippen LogP) is 4.64. The topological polar surface area (TPSA) is 66.8 Å².